The predicted molar refractivity (Wildman–Crippen MR) is 79.9 cm³/mol. The number of carboxylic acids is 1. The molecule has 0 bridgehead atoms. The molecular weight excluding hydrogens is 270 g/mol. The van der Waals surface area contributed by atoms with Gasteiger partial charge in [-0.25, -0.2) is 0 Å². The fourth-order valence-corrected chi connectivity index (χ4v) is 2.09. The van der Waals surface area contributed by atoms with Gasteiger partial charge in [0.1, 0.15) is 0 Å². The molecule has 1 unspecified atom stereocenters. The van der Waals surface area contributed by atoms with Crippen LogP contribution in [0.25, 0.3) is 0 Å². The monoisotopic (exact) mass is 293 g/mol. The SMILES string of the molecule is CCOC(C(=O)N(CCC(=O)O)C(C)C)c1ccccc1. The maximum absolute atomic E-state index is 12.7. The minimum Gasteiger partial charge on any atom is -0.481 e. The lowest BCUT2D eigenvalue weighted by Crippen LogP contribution is -2.42. The van der Waals surface area contributed by atoms with Gasteiger partial charge in [0.05, 0.1) is 6.42 Å². The summed E-state index contributed by atoms with van der Waals surface area (Å²) in [7, 11) is 0. The number of benzene rings is 1. The summed E-state index contributed by atoms with van der Waals surface area (Å²) in [5.41, 5.74) is 0.783. The van der Waals surface area contributed by atoms with Gasteiger partial charge >= 0.3 is 5.97 Å². The number of rotatable bonds is 8. The summed E-state index contributed by atoms with van der Waals surface area (Å²) < 4.78 is 5.59. The van der Waals surface area contributed by atoms with Gasteiger partial charge in [-0.3, -0.25) is 9.59 Å². The Bertz CT molecular complexity index is 459. The molecule has 0 aliphatic rings. The van der Waals surface area contributed by atoms with Crippen LogP contribution in [0.5, 0.6) is 0 Å². The molecule has 5 nitrogen and oxygen atoms in total. The second-order valence-corrected chi connectivity index (χ2v) is 5.02. The number of hydrogen-bond donors (Lipinski definition) is 1. The van der Waals surface area contributed by atoms with Gasteiger partial charge in [0.15, 0.2) is 6.10 Å². The van der Waals surface area contributed by atoms with Crippen molar-refractivity contribution >= 4 is 11.9 Å². The van der Waals surface area contributed by atoms with Gasteiger partial charge in [0.25, 0.3) is 5.91 Å². The molecule has 0 radical (unpaired) electrons. The van der Waals surface area contributed by atoms with Crippen molar-refractivity contribution in [3.8, 4) is 0 Å². The number of carbonyl (C=O) groups is 2. The third-order valence-electron chi connectivity index (χ3n) is 3.13. The summed E-state index contributed by atoms with van der Waals surface area (Å²) in [6, 6.07) is 9.18. The fraction of sp³-hybridized carbons (Fsp3) is 0.500. The molecule has 0 heterocycles. The van der Waals surface area contributed by atoms with Crippen LogP contribution in [0.3, 0.4) is 0 Å². The van der Waals surface area contributed by atoms with Crippen LogP contribution in [0.15, 0.2) is 30.3 Å². The Balaban J connectivity index is 2.93. The number of nitrogens with zero attached hydrogens (tertiary/aromatic N) is 1. The molecule has 1 aromatic carbocycles. The highest BCUT2D eigenvalue weighted by atomic mass is 16.5. The number of carbonyl (C=O) groups excluding carboxylic acids is 1. The smallest absolute Gasteiger partial charge is 0.305 e. The lowest BCUT2D eigenvalue weighted by molar-refractivity contribution is -0.147. The van der Waals surface area contributed by atoms with Crippen LogP contribution in [-0.2, 0) is 14.3 Å². The number of amides is 1. The predicted octanol–water partition coefficient (Wildman–Crippen LogP) is 2.48. The first-order valence-corrected chi connectivity index (χ1v) is 7.16. The van der Waals surface area contributed by atoms with Gasteiger partial charge in [-0.1, -0.05) is 30.3 Å². The molecule has 0 fully saturated rings. The Morgan fingerprint density at radius 3 is 2.33 bits per heavy atom. The molecule has 0 spiro atoms. The van der Waals surface area contributed by atoms with E-state index in [0.29, 0.717) is 6.61 Å². The number of aliphatic carboxylic acids is 1. The van der Waals surface area contributed by atoms with Crippen LogP contribution < -0.4 is 0 Å². The van der Waals surface area contributed by atoms with Crippen molar-refractivity contribution in [2.75, 3.05) is 13.2 Å². The van der Waals surface area contributed by atoms with Crippen LogP contribution in [0, 0.1) is 0 Å². The first-order valence-electron chi connectivity index (χ1n) is 7.16. The van der Waals surface area contributed by atoms with E-state index in [4.69, 9.17) is 9.84 Å². The molecular formula is C16H23NO4. The lowest BCUT2D eigenvalue weighted by atomic mass is 10.1. The van der Waals surface area contributed by atoms with E-state index >= 15 is 0 Å². The van der Waals surface area contributed by atoms with Gasteiger partial charge in [-0.05, 0) is 26.3 Å². The summed E-state index contributed by atoms with van der Waals surface area (Å²) in [5, 5.41) is 8.82. The molecule has 0 saturated carbocycles. The average Bonchev–Trinajstić information content (AvgIpc) is 2.45. The van der Waals surface area contributed by atoms with Crippen molar-refractivity contribution < 1.29 is 19.4 Å². The average molecular weight is 293 g/mol. The molecule has 1 rings (SSSR count). The lowest BCUT2D eigenvalue weighted by Gasteiger charge is -2.30. The molecule has 1 aromatic rings. The Labute approximate surface area is 125 Å². The number of carboxylic acid groups (broad SMARTS) is 1. The fourth-order valence-electron chi connectivity index (χ4n) is 2.09. The molecule has 0 aliphatic carbocycles. The third-order valence-corrected chi connectivity index (χ3v) is 3.13. The van der Waals surface area contributed by atoms with E-state index in [1.807, 2.05) is 51.1 Å². The quantitative estimate of drug-likeness (QED) is 0.799. The minimum absolute atomic E-state index is 0.0719. The second-order valence-electron chi connectivity index (χ2n) is 5.02. The largest absolute Gasteiger partial charge is 0.481 e. The van der Waals surface area contributed by atoms with E-state index in [1.54, 1.807) is 4.90 Å². The second kappa shape index (κ2) is 8.42. The molecule has 116 valence electrons. The Morgan fingerprint density at radius 2 is 1.86 bits per heavy atom. The molecule has 1 amide bonds. The molecule has 0 saturated heterocycles. The van der Waals surface area contributed by atoms with Crippen molar-refractivity contribution in [2.45, 2.75) is 39.3 Å². The van der Waals surface area contributed by atoms with Gasteiger partial charge < -0.3 is 14.7 Å². The third kappa shape index (κ3) is 5.19. The van der Waals surface area contributed by atoms with Gasteiger partial charge in [0, 0.05) is 19.2 Å². The molecule has 1 N–H and O–H groups in total. The van der Waals surface area contributed by atoms with Crippen molar-refractivity contribution in [2.24, 2.45) is 0 Å². The van der Waals surface area contributed by atoms with Crippen LogP contribution in [0.1, 0.15) is 38.9 Å². The van der Waals surface area contributed by atoms with Crippen molar-refractivity contribution in [3.63, 3.8) is 0 Å². The Hall–Kier alpha value is -1.88. The van der Waals surface area contributed by atoms with E-state index in [-0.39, 0.29) is 24.9 Å². The molecule has 5 heteroatoms. The van der Waals surface area contributed by atoms with Gasteiger partial charge in [0.2, 0.25) is 0 Å². The maximum atomic E-state index is 12.7. The molecule has 1 atom stereocenters. The Morgan fingerprint density at radius 1 is 1.24 bits per heavy atom. The van der Waals surface area contributed by atoms with Crippen LogP contribution in [-0.4, -0.2) is 41.1 Å². The number of hydrogen-bond acceptors (Lipinski definition) is 3. The summed E-state index contributed by atoms with van der Waals surface area (Å²) in [4.78, 5) is 25.0. The summed E-state index contributed by atoms with van der Waals surface area (Å²) >= 11 is 0. The Kier molecular flexibility index (Phi) is 6.88. The first kappa shape index (κ1) is 17.2. The number of ether oxygens (including phenoxy) is 1. The zero-order valence-electron chi connectivity index (χ0n) is 12.8. The minimum atomic E-state index is -0.916. The normalized spacial score (nSPS) is 12.2. The van der Waals surface area contributed by atoms with Gasteiger partial charge in [-0.15, -0.1) is 0 Å². The molecule has 0 aromatic heterocycles. The van der Waals surface area contributed by atoms with E-state index in [1.165, 1.54) is 0 Å². The zero-order valence-corrected chi connectivity index (χ0v) is 12.8. The summed E-state index contributed by atoms with van der Waals surface area (Å²) in [6.07, 6.45) is -0.759. The van der Waals surface area contributed by atoms with Crippen molar-refractivity contribution in [3.05, 3.63) is 35.9 Å². The maximum Gasteiger partial charge on any atom is 0.305 e. The van der Waals surface area contributed by atoms with Crippen molar-refractivity contribution in [1.29, 1.82) is 0 Å². The standard InChI is InChI=1S/C16H23NO4/c1-4-21-15(13-8-6-5-7-9-13)16(20)17(12(2)3)11-10-14(18)19/h5-9,12,15H,4,10-11H2,1-3H3,(H,18,19). The first-order chi connectivity index (χ1) is 9.97. The van der Waals surface area contributed by atoms with E-state index in [9.17, 15) is 9.59 Å². The zero-order chi connectivity index (χ0) is 15.8. The summed E-state index contributed by atoms with van der Waals surface area (Å²) in [5.74, 6) is -1.11. The highest BCUT2D eigenvalue weighted by molar-refractivity contribution is 5.83. The van der Waals surface area contributed by atoms with Crippen LogP contribution in [0.4, 0.5) is 0 Å². The van der Waals surface area contributed by atoms with Crippen LogP contribution >= 0.6 is 0 Å². The summed E-state index contributed by atoms with van der Waals surface area (Å²) in [6.45, 7) is 6.17. The van der Waals surface area contributed by atoms with Crippen molar-refractivity contribution in [1.82, 2.24) is 4.90 Å². The highest BCUT2D eigenvalue weighted by Gasteiger charge is 2.28. The van der Waals surface area contributed by atoms with Crippen LogP contribution in [0.2, 0.25) is 0 Å². The van der Waals surface area contributed by atoms with E-state index < -0.39 is 12.1 Å². The van der Waals surface area contributed by atoms with E-state index in [2.05, 4.69) is 0 Å². The molecule has 0 aliphatic heterocycles. The topological polar surface area (TPSA) is 66.8 Å². The van der Waals surface area contributed by atoms with E-state index in [0.717, 1.165) is 5.56 Å². The van der Waals surface area contributed by atoms with Gasteiger partial charge in [-0.2, -0.15) is 0 Å². The molecule has 21 heavy (non-hydrogen) atoms. The highest BCUT2D eigenvalue weighted by Crippen LogP contribution is 2.21.